The van der Waals surface area contributed by atoms with Gasteiger partial charge in [-0.25, -0.2) is 0 Å². The fourth-order valence-electron chi connectivity index (χ4n) is 1.73. The number of H-pyrrole nitrogens is 1. The van der Waals surface area contributed by atoms with Gasteiger partial charge in [-0.05, 0) is 37.3 Å². The highest BCUT2D eigenvalue weighted by molar-refractivity contribution is 7.71. The second-order valence-corrected chi connectivity index (χ2v) is 5.24. The molecule has 0 radical (unpaired) electrons. The van der Waals surface area contributed by atoms with Gasteiger partial charge < -0.3 is 9.88 Å². The molecule has 0 saturated heterocycles. The second-order valence-electron chi connectivity index (χ2n) is 4.04. The standard InChI is InChI=1S/C12H12Cl2N4OS/c1-2-18-10(16-17-12(18)20)6-11(19)15-7-3-4-8(13)9(14)5-7/h3-5H,2,6H2,1H3,(H,15,19)(H,17,20). The van der Waals surface area contributed by atoms with E-state index < -0.39 is 0 Å². The number of carbonyl (C=O) groups is 1. The maximum atomic E-state index is 12.0. The number of hydrogen-bond acceptors (Lipinski definition) is 3. The molecule has 0 aliphatic rings. The highest BCUT2D eigenvalue weighted by Gasteiger charge is 2.11. The fraction of sp³-hybridized carbons (Fsp3) is 0.250. The number of carbonyl (C=O) groups excluding carboxylic acids is 1. The van der Waals surface area contributed by atoms with Crippen LogP contribution in [-0.4, -0.2) is 20.7 Å². The number of aromatic nitrogens is 3. The van der Waals surface area contributed by atoms with Gasteiger partial charge in [0.05, 0.1) is 16.5 Å². The molecule has 0 saturated carbocycles. The number of anilines is 1. The van der Waals surface area contributed by atoms with Crippen molar-refractivity contribution in [3.8, 4) is 0 Å². The summed E-state index contributed by atoms with van der Waals surface area (Å²) >= 11 is 16.8. The normalized spacial score (nSPS) is 10.6. The van der Waals surface area contributed by atoms with E-state index in [1.165, 1.54) is 0 Å². The summed E-state index contributed by atoms with van der Waals surface area (Å²) in [6.45, 7) is 2.59. The number of amides is 1. The molecule has 2 N–H and O–H groups in total. The zero-order chi connectivity index (χ0) is 14.7. The van der Waals surface area contributed by atoms with Crippen LogP contribution in [0.1, 0.15) is 12.7 Å². The van der Waals surface area contributed by atoms with Gasteiger partial charge in [0.2, 0.25) is 5.91 Å². The van der Waals surface area contributed by atoms with Crippen molar-refractivity contribution in [2.45, 2.75) is 19.9 Å². The lowest BCUT2D eigenvalue weighted by molar-refractivity contribution is -0.115. The fourth-order valence-corrected chi connectivity index (χ4v) is 2.31. The Morgan fingerprint density at radius 3 is 2.85 bits per heavy atom. The first-order valence-corrected chi connectivity index (χ1v) is 7.06. The number of nitrogens with zero attached hydrogens (tertiary/aromatic N) is 2. The predicted octanol–water partition coefficient (Wildman–Crippen LogP) is 3.45. The molecule has 0 aliphatic carbocycles. The molecule has 1 amide bonds. The summed E-state index contributed by atoms with van der Waals surface area (Å²) in [6.07, 6.45) is 0.126. The van der Waals surface area contributed by atoms with Crippen LogP contribution in [-0.2, 0) is 17.8 Å². The third-order valence-electron chi connectivity index (χ3n) is 2.68. The summed E-state index contributed by atoms with van der Waals surface area (Å²) < 4.78 is 2.27. The maximum Gasteiger partial charge on any atom is 0.232 e. The van der Waals surface area contributed by atoms with Gasteiger partial charge in [-0.1, -0.05) is 23.2 Å². The van der Waals surface area contributed by atoms with Crippen molar-refractivity contribution in [2.24, 2.45) is 0 Å². The Morgan fingerprint density at radius 2 is 2.20 bits per heavy atom. The molecule has 1 heterocycles. The minimum atomic E-state index is -0.202. The van der Waals surface area contributed by atoms with Gasteiger partial charge in [0.25, 0.3) is 0 Å². The molecule has 8 heteroatoms. The Labute approximate surface area is 130 Å². The van der Waals surface area contributed by atoms with Crippen LogP contribution < -0.4 is 5.32 Å². The molecule has 106 valence electrons. The molecule has 1 aromatic carbocycles. The number of hydrogen-bond donors (Lipinski definition) is 2. The molecule has 2 rings (SSSR count). The predicted molar refractivity (Wildman–Crippen MR) is 81.9 cm³/mol. The van der Waals surface area contributed by atoms with Crippen molar-refractivity contribution in [3.63, 3.8) is 0 Å². The van der Waals surface area contributed by atoms with Crippen molar-refractivity contribution >= 4 is 47.0 Å². The molecule has 0 atom stereocenters. The number of aromatic amines is 1. The largest absolute Gasteiger partial charge is 0.326 e. The highest BCUT2D eigenvalue weighted by Crippen LogP contribution is 2.25. The minimum absolute atomic E-state index is 0.126. The molecule has 20 heavy (non-hydrogen) atoms. The summed E-state index contributed by atoms with van der Waals surface area (Å²) in [6, 6.07) is 4.91. The van der Waals surface area contributed by atoms with E-state index in [9.17, 15) is 4.79 Å². The molecule has 0 fully saturated rings. The zero-order valence-corrected chi connectivity index (χ0v) is 12.9. The molecular formula is C12H12Cl2N4OS. The number of benzene rings is 1. The van der Waals surface area contributed by atoms with E-state index in [2.05, 4.69) is 15.5 Å². The number of rotatable bonds is 4. The molecule has 2 aromatic rings. The van der Waals surface area contributed by atoms with Crippen LogP contribution >= 0.6 is 35.4 Å². The molecule has 0 spiro atoms. The van der Waals surface area contributed by atoms with Crippen LogP contribution in [0.5, 0.6) is 0 Å². The summed E-state index contributed by atoms with van der Waals surface area (Å²) in [5.74, 6) is 0.391. The Morgan fingerprint density at radius 1 is 1.45 bits per heavy atom. The van der Waals surface area contributed by atoms with Crippen LogP contribution in [0.15, 0.2) is 18.2 Å². The van der Waals surface area contributed by atoms with Gasteiger partial charge in [-0.2, -0.15) is 5.10 Å². The average Bonchev–Trinajstić information content (AvgIpc) is 2.74. The quantitative estimate of drug-likeness (QED) is 0.844. The van der Waals surface area contributed by atoms with Crippen molar-refractivity contribution in [2.75, 3.05) is 5.32 Å². The van der Waals surface area contributed by atoms with E-state index >= 15 is 0 Å². The maximum absolute atomic E-state index is 12.0. The molecule has 0 unspecified atom stereocenters. The lowest BCUT2D eigenvalue weighted by atomic mass is 10.3. The summed E-state index contributed by atoms with van der Waals surface area (Å²) in [5.41, 5.74) is 0.585. The van der Waals surface area contributed by atoms with E-state index in [4.69, 9.17) is 35.4 Å². The van der Waals surface area contributed by atoms with Gasteiger partial charge in [-0.15, -0.1) is 0 Å². The second kappa shape index (κ2) is 6.39. The van der Waals surface area contributed by atoms with Crippen LogP contribution in [0, 0.1) is 4.77 Å². The monoisotopic (exact) mass is 330 g/mol. The van der Waals surface area contributed by atoms with E-state index in [1.54, 1.807) is 22.8 Å². The smallest absolute Gasteiger partial charge is 0.232 e. The Balaban J connectivity index is 2.09. The Hall–Kier alpha value is -1.37. The van der Waals surface area contributed by atoms with E-state index in [-0.39, 0.29) is 12.3 Å². The van der Waals surface area contributed by atoms with Gasteiger partial charge in [0, 0.05) is 12.2 Å². The van der Waals surface area contributed by atoms with Crippen molar-refractivity contribution < 1.29 is 4.79 Å². The number of nitrogens with one attached hydrogen (secondary N) is 2. The van der Waals surface area contributed by atoms with Crippen LogP contribution in [0.25, 0.3) is 0 Å². The lowest BCUT2D eigenvalue weighted by Crippen LogP contribution is -2.17. The van der Waals surface area contributed by atoms with E-state index in [0.29, 0.717) is 32.9 Å². The number of halogens is 2. The summed E-state index contributed by atoms with van der Waals surface area (Å²) in [4.78, 5) is 12.0. The SMILES string of the molecule is CCn1c(CC(=O)Nc2ccc(Cl)c(Cl)c2)n[nH]c1=S. The van der Waals surface area contributed by atoms with Crippen LogP contribution in [0.2, 0.25) is 10.0 Å². The van der Waals surface area contributed by atoms with Gasteiger partial charge in [-0.3, -0.25) is 9.89 Å². The molecular weight excluding hydrogens is 319 g/mol. The van der Waals surface area contributed by atoms with Crippen molar-refractivity contribution in [1.29, 1.82) is 0 Å². The Kier molecular flexibility index (Phi) is 4.80. The topological polar surface area (TPSA) is 62.7 Å². The first-order chi connectivity index (χ1) is 9.51. The van der Waals surface area contributed by atoms with Crippen LogP contribution in [0.3, 0.4) is 0 Å². The Bertz CT molecular complexity index is 695. The zero-order valence-electron chi connectivity index (χ0n) is 10.6. The lowest BCUT2D eigenvalue weighted by Gasteiger charge is -2.07. The third kappa shape index (κ3) is 3.39. The summed E-state index contributed by atoms with van der Waals surface area (Å²) in [7, 11) is 0. The third-order valence-corrected chi connectivity index (χ3v) is 3.73. The van der Waals surface area contributed by atoms with Crippen molar-refractivity contribution in [3.05, 3.63) is 38.8 Å². The highest BCUT2D eigenvalue weighted by atomic mass is 35.5. The molecule has 0 aliphatic heterocycles. The van der Waals surface area contributed by atoms with Gasteiger partial charge in [0.15, 0.2) is 4.77 Å². The van der Waals surface area contributed by atoms with Crippen LogP contribution in [0.4, 0.5) is 5.69 Å². The molecule has 1 aromatic heterocycles. The first-order valence-electron chi connectivity index (χ1n) is 5.90. The van der Waals surface area contributed by atoms with E-state index in [1.807, 2.05) is 6.92 Å². The van der Waals surface area contributed by atoms with Crippen molar-refractivity contribution in [1.82, 2.24) is 14.8 Å². The van der Waals surface area contributed by atoms with Gasteiger partial charge >= 0.3 is 0 Å². The molecule has 5 nitrogen and oxygen atoms in total. The first kappa shape index (κ1) is 15.0. The summed E-state index contributed by atoms with van der Waals surface area (Å²) in [5, 5.41) is 10.3. The average molecular weight is 331 g/mol. The molecule has 0 bridgehead atoms. The minimum Gasteiger partial charge on any atom is -0.326 e. The van der Waals surface area contributed by atoms with Gasteiger partial charge in [0.1, 0.15) is 5.82 Å². The van der Waals surface area contributed by atoms with E-state index in [0.717, 1.165) is 0 Å².